The third-order valence-electron chi connectivity index (χ3n) is 5.90. The summed E-state index contributed by atoms with van der Waals surface area (Å²) in [5.74, 6) is -2.07. The molecule has 11 heteroatoms. The van der Waals surface area contributed by atoms with Crippen molar-refractivity contribution in [1.29, 1.82) is 0 Å². The molecule has 0 bridgehead atoms. The number of anilines is 1. The molecule has 2 aromatic carbocycles. The molecule has 1 atom stereocenters. The predicted molar refractivity (Wildman–Crippen MR) is 119 cm³/mol. The van der Waals surface area contributed by atoms with Gasteiger partial charge >= 0.3 is 12.1 Å². The molecule has 0 unspecified atom stereocenters. The van der Waals surface area contributed by atoms with Gasteiger partial charge in [0, 0.05) is 18.7 Å². The van der Waals surface area contributed by atoms with E-state index in [4.69, 9.17) is 5.11 Å². The molecule has 0 aliphatic carbocycles. The average Bonchev–Trinajstić information content (AvgIpc) is 3.31. The number of fused-ring (bicyclic) bond motifs is 1. The first kappa shape index (κ1) is 24.2. The van der Waals surface area contributed by atoms with Crippen LogP contribution in [0.3, 0.4) is 0 Å². The van der Waals surface area contributed by atoms with Crippen molar-refractivity contribution in [3.63, 3.8) is 0 Å². The van der Waals surface area contributed by atoms with Crippen LogP contribution in [0.1, 0.15) is 56.1 Å². The van der Waals surface area contributed by atoms with Crippen LogP contribution in [0.2, 0.25) is 0 Å². The van der Waals surface area contributed by atoms with E-state index in [0.29, 0.717) is 30.2 Å². The Morgan fingerprint density at radius 1 is 1.17 bits per heavy atom. The molecule has 1 aliphatic heterocycles. The van der Waals surface area contributed by atoms with Gasteiger partial charge in [0.1, 0.15) is 17.2 Å². The lowest BCUT2D eigenvalue weighted by atomic mass is 10.0. The topological polar surface area (TPSA) is 87.5 Å². The lowest BCUT2D eigenvalue weighted by molar-refractivity contribution is -0.137. The van der Waals surface area contributed by atoms with Crippen LogP contribution in [0, 0.1) is 12.7 Å². The van der Waals surface area contributed by atoms with Gasteiger partial charge in [0.15, 0.2) is 0 Å². The third-order valence-corrected chi connectivity index (χ3v) is 5.90. The number of nitrogens with one attached hydrogen (secondary N) is 1. The lowest BCUT2D eigenvalue weighted by Crippen LogP contribution is -2.30. The van der Waals surface area contributed by atoms with E-state index >= 15 is 0 Å². The number of amides is 1. The molecule has 4 rings (SSSR count). The van der Waals surface area contributed by atoms with Gasteiger partial charge < -0.3 is 15.3 Å². The van der Waals surface area contributed by atoms with E-state index in [1.165, 1.54) is 18.2 Å². The lowest BCUT2D eigenvalue weighted by Gasteiger charge is -2.21. The Bertz CT molecular complexity index is 1300. The Morgan fingerprint density at radius 2 is 1.91 bits per heavy atom. The molecule has 1 aromatic heterocycles. The van der Waals surface area contributed by atoms with Gasteiger partial charge in [-0.05, 0) is 43.7 Å². The second-order valence-corrected chi connectivity index (χ2v) is 8.36. The van der Waals surface area contributed by atoms with E-state index in [2.05, 4.69) is 10.4 Å². The van der Waals surface area contributed by atoms with Gasteiger partial charge in [-0.1, -0.05) is 18.2 Å². The summed E-state index contributed by atoms with van der Waals surface area (Å²) in [6.45, 7) is 4.28. The predicted octanol–water partition coefficient (Wildman–Crippen LogP) is 4.56. The molecule has 0 spiro atoms. The number of carbonyl (C=O) groups excluding carboxylic acids is 1. The molecule has 184 valence electrons. The van der Waals surface area contributed by atoms with E-state index in [-0.39, 0.29) is 23.2 Å². The highest BCUT2D eigenvalue weighted by molar-refractivity contribution is 6.00. The molecule has 2 N–H and O–H groups in total. The van der Waals surface area contributed by atoms with Gasteiger partial charge in [-0.3, -0.25) is 4.79 Å². The maximum atomic E-state index is 14.5. The normalized spacial score (nSPS) is 14.1. The van der Waals surface area contributed by atoms with Crippen LogP contribution in [0.15, 0.2) is 42.5 Å². The number of carboxylic acid groups (broad SMARTS) is 1. The summed E-state index contributed by atoms with van der Waals surface area (Å²) in [5, 5.41) is 16.1. The Labute approximate surface area is 198 Å². The fourth-order valence-corrected chi connectivity index (χ4v) is 4.21. The molecule has 7 nitrogen and oxygen atoms in total. The van der Waals surface area contributed by atoms with E-state index in [9.17, 15) is 27.2 Å². The number of halogens is 4. The summed E-state index contributed by atoms with van der Waals surface area (Å²) >= 11 is 0. The molecule has 0 saturated heterocycles. The van der Waals surface area contributed by atoms with Crippen molar-refractivity contribution in [2.24, 2.45) is 0 Å². The monoisotopic (exact) mass is 490 g/mol. The number of hydrogen-bond donors (Lipinski definition) is 2. The fourth-order valence-electron chi connectivity index (χ4n) is 4.21. The zero-order valence-corrected chi connectivity index (χ0v) is 18.9. The van der Waals surface area contributed by atoms with Crippen molar-refractivity contribution in [2.75, 3.05) is 11.4 Å². The van der Waals surface area contributed by atoms with Gasteiger partial charge in [-0.2, -0.15) is 18.3 Å². The van der Waals surface area contributed by atoms with E-state index in [0.717, 1.165) is 18.2 Å². The molecule has 35 heavy (non-hydrogen) atoms. The van der Waals surface area contributed by atoms with E-state index < -0.39 is 35.5 Å². The number of carbonyl (C=O) groups is 2. The van der Waals surface area contributed by atoms with Gasteiger partial charge in [0.05, 0.1) is 29.4 Å². The highest BCUT2D eigenvalue weighted by Gasteiger charge is 2.33. The minimum atomic E-state index is -4.46. The maximum Gasteiger partial charge on any atom is 0.416 e. The quantitative estimate of drug-likeness (QED) is 0.495. The molecular formula is C24H22F4N4O3. The van der Waals surface area contributed by atoms with Crippen molar-refractivity contribution >= 4 is 17.7 Å². The van der Waals surface area contributed by atoms with Crippen molar-refractivity contribution in [2.45, 2.75) is 39.2 Å². The third kappa shape index (κ3) is 4.84. The summed E-state index contributed by atoms with van der Waals surface area (Å²) < 4.78 is 55.4. The molecule has 0 fully saturated rings. The van der Waals surface area contributed by atoms with Gasteiger partial charge in [-0.15, -0.1) is 0 Å². The van der Waals surface area contributed by atoms with Crippen LogP contribution in [0.5, 0.6) is 0 Å². The average molecular weight is 490 g/mol. The molecule has 2 heterocycles. The van der Waals surface area contributed by atoms with Gasteiger partial charge in [-0.25, -0.2) is 13.9 Å². The van der Waals surface area contributed by atoms with Crippen LogP contribution in [0.25, 0.3) is 0 Å². The Hall–Kier alpha value is -3.89. The van der Waals surface area contributed by atoms with Crippen molar-refractivity contribution in [3.8, 4) is 0 Å². The first-order chi connectivity index (χ1) is 16.5. The first-order valence-electron chi connectivity index (χ1n) is 10.8. The summed E-state index contributed by atoms with van der Waals surface area (Å²) in [6.07, 6.45) is -4.46. The number of carboxylic acids is 1. The van der Waals surface area contributed by atoms with Crippen LogP contribution < -0.4 is 10.2 Å². The molecular weight excluding hydrogens is 468 g/mol. The van der Waals surface area contributed by atoms with Crippen LogP contribution in [-0.4, -0.2) is 33.3 Å². The number of nitrogens with zero attached hydrogens (tertiary/aromatic N) is 3. The number of rotatable bonds is 6. The highest BCUT2D eigenvalue weighted by atomic mass is 19.4. The molecule has 0 saturated carbocycles. The molecule has 1 aliphatic rings. The van der Waals surface area contributed by atoms with Crippen molar-refractivity contribution in [1.82, 2.24) is 15.1 Å². The number of aromatic carboxylic acids is 1. The maximum absolute atomic E-state index is 14.5. The van der Waals surface area contributed by atoms with Crippen molar-refractivity contribution in [3.05, 3.63) is 81.8 Å². The van der Waals surface area contributed by atoms with E-state index in [1.807, 2.05) is 0 Å². The highest BCUT2D eigenvalue weighted by Crippen LogP contribution is 2.33. The number of benzene rings is 2. The summed E-state index contributed by atoms with van der Waals surface area (Å²) in [4.78, 5) is 26.0. The van der Waals surface area contributed by atoms with Crippen LogP contribution >= 0.6 is 0 Å². The number of alkyl halides is 3. The van der Waals surface area contributed by atoms with Crippen molar-refractivity contribution < 1.29 is 32.3 Å². The van der Waals surface area contributed by atoms with Gasteiger partial charge in [0.2, 0.25) is 0 Å². The molecule has 1 amide bonds. The van der Waals surface area contributed by atoms with Gasteiger partial charge in [0.25, 0.3) is 5.91 Å². The largest absolute Gasteiger partial charge is 0.478 e. The molecule has 3 aromatic rings. The SMILES string of the molecule is Cc1nn2c(c1C(=O)N[C@@H](C)c1ccc(C(=O)O)cc1F)N(Cc1cccc(C(F)(F)F)c1)CC2. The second-order valence-electron chi connectivity index (χ2n) is 8.36. The fraction of sp³-hybridized carbons (Fsp3) is 0.292. The Morgan fingerprint density at radius 3 is 2.57 bits per heavy atom. The Balaban J connectivity index is 1.57. The summed E-state index contributed by atoms with van der Waals surface area (Å²) in [6, 6.07) is 7.69. The standard InChI is InChI=1S/C24H22F4N4O3/c1-13(18-7-6-16(23(34)35)11-19(18)25)29-21(33)20-14(2)30-32-9-8-31(22(20)32)12-15-4-3-5-17(10-15)24(26,27)28/h3-7,10-11,13H,8-9,12H2,1-2H3,(H,29,33)(H,34,35)/t13-/m0/s1. The number of hydrogen-bond acceptors (Lipinski definition) is 4. The minimum Gasteiger partial charge on any atom is -0.478 e. The van der Waals surface area contributed by atoms with E-state index in [1.54, 1.807) is 29.5 Å². The zero-order chi connectivity index (χ0) is 25.5. The second kappa shape index (κ2) is 9.05. The number of aromatic nitrogens is 2. The minimum absolute atomic E-state index is 0.116. The summed E-state index contributed by atoms with van der Waals surface area (Å²) in [5.41, 5.74) is 0.282. The number of aryl methyl sites for hydroxylation is 1. The summed E-state index contributed by atoms with van der Waals surface area (Å²) in [7, 11) is 0. The smallest absolute Gasteiger partial charge is 0.416 e. The van der Waals surface area contributed by atoms with Crippen LogP contribution in [-0.2, 0) is 19.3 Å². The van der Waals surface area contributed by atoms with Crippen LogP contribution in [0.4, 0.5) is 23.4 Å². The Kier molecular flexibility index (Phi) is 6.27. The first-order valence-corrected chi connectivity index (χ1v) is 10.8. The molecule has 0 radical (unpaired) electrons. The zero-order valence-electron chi connectivity index (χ0n) is 18.9.